The van der Waals surface area contributed by atoms with Crippen LogP contribution in [0.1, 0.15) is 17.8 Å². The van der Waals surface area contributed by atoms with E-state index in [1.54, 1.807) is 0 Å². The van der Waals surface area contributed by atoms with E-state index >= 15 is 0 Å². The zero-order valence-electron chi connectivity index (χ0n) is 9.12. The molecule has 1 aliphatic heterocycles. The highest BCUT2D eigenvalue weighted by molar-refractivity contribution is 7.15. The molecule has 7 heteroatoms. The Kier molecular flexibility index (Phi) is 3.68. The highest BCUT2D eigenvalue weighted by Crippen LogP contribution is 2.13. The fourth-order valence-corrected chi connectivity index (χ4v) is 2.23. The number of hydrogen-bond acceptors (Lipinski definition) is 5. The Hall–Kier alpha value is -1.21. The van der Waals surface area contributed by atoms with Crippen molar-refractivity contribution in [1.82, 2.24) is 20.8 Å². The van der Waals surface area contributed by atoms with Gasteiger partial charge >= 0.3 is 6.03 Å². The van der Waals surface area contributed by atoms with E-state index in [4.69, 9.17) is 0 Å². The Balaban J connectivity index is 1.79. The van der Waals surface area contributed by atoms with Gasteiger partial charge in [-0.25, -0.2) is 4.79 Å². The maximum Gasteiger partial charge on any atom is 0.321 e. The molecule has 0 aromatic carbocycles. The largest absolute Gasteiger partial charge is 0.334 e. The van der Waals surface area contributed by atoms with Crippen LogP contribution in [-0.4, -0.2) is 35.4 Å². The number of carbonyl (C=O) groups excluding carboxylic acids is 1. The molecule has 1 atom stereocenters. The minimum atomic E-state index is -0.204. The summed E-state index contributed by atoms with van der Waals surface area (Å²) in [6.45, 7) is 3.73. The number of aromatic nitrogens is 2. The SMILES string of the molecule is Cc1nnc(NC(=O)NC2CCCNC2)s1. The third-order valence-electron chi connectivity index (χ3n) is 2.38. The van der Waals surface area contributed by atoms with Crippen molar-refractivity contribution in [3.8, 4) is 0 Å². The van der Waals surface area contributed by atoms with Crippen molar-refractivity contribution >= 4 is 22.5 Å². The lowest BCUT2D eigenvalue weighted by Gasteiger charge is -2.23. The van der Waals surface area contributed by atoms with Crippen LogP contribution in [0, 0.1) is 6.92 Å². The molecule has 6 nitrogen and oxygen atoms in total. The fraction of sp³-hybridized carbons (Fsp3) is 0.667. The second kappa shape index (κ2) is 5.22. The van der Waals surface area contributed by atoms with E-state index in [1.807, 2.05) is 6.92 Å². The molecule has 0 radical (unpaired) electrons. The average Bonchev–Trinajstić information content (AvgIpc) is 2.65. The van der Waals surface area contributed by atoms with Gasteiger partial charge in [-0.15, -0.1) is 10.2 Å². The van der Waals surface area contributed by atoms with Crippen LogP contribution in [0.5, 0.6) is 0 Å². The second-order valence-electron chi connectivity index (χ2n) is 3.77. The molecule has 1 fully saturated rings. The highest BCUT2D eigenvalue weighted by Gasteiger charge is 2.15. The highest BCUT2D eigenvalue weighted by atomic mass is 32.1. The molecular weight excluding hydrogens is 226 g/mol. The van der Waals surface area contributed by atoms with E-state index < -0.39 is 0 Å². The fourth-order valence-electron chi connectivity index (χ4n) is 1.64. The van der Waals surface area contributed by atoms with Crippen molar-refractivity contribution in [1.29, 1.82) is 0 Å². The summed E-state index contributed by atoms with van der Waals surface area (Å²) in [7, 11) is 0. The van der Waals surface area contributed by atoms with E-state index in [9.17, 15) is 4.79 Å². The monoisotopic (exact) mass is 241 g/mol. The predicted octanol–water partition coefficient (Wildman–Crippen LogP) is 0.720. The van der Waals surface area contributed by atoms with Gasteiger partial charge in [0, 0.05) is 12.6 Å². The topological polar surface area (TPSA) is 78.9 Å². The van der Waals surface area contributed by atoms with Crippen LogP contribution in [-0.2, 0) is 0 Å². The Bertz CT molecular complexity index is 361. The van der Waals surface area contributed by atoms with Crippen molar-refractivity contribution in [3.05, 3.63) is 5.01 Å². The van der Waals surface area contributed by atoms with Gasteiger partial charge in [0.1, 0.15) is 5.01 Å². The number of urea groups is 1. The molecule has 0 spiro atoms. The molecule has 16 heavy (non-hydrogen) atoms. The first-order valence-corrected chi connectivity index (χ1v) is 6.14. The Morgan fingerprint density at radius 2 is 2.44 bits per heavy atom. The van der Waals surface area contributed by atoms with Crippen LogP contribution in [0.25, 0.3) is 0 Å². The van der Waals surface area contributed by atoms with Crippen LogP contribution >= 0.6 is 11.3 Å². The first kappa shape index (κ1) is 11.3. The van der Waals surface area contributed by atoms with Crippen molar-refractivity contribution in [2.75, 3.05) is 18.4 Å². The van der Waals surface area contributed by atoms with E-state index in [1.165, 1.54) is 11.3 Å². The van der Waals surface area contributed by atoms with Gasteiger partial charge in [0.2, 0.25) is 5.13 Å². The number of aryl methyl sites for hydroxylation is 1. The molecule has 1 aliphatic rings. The van der Waals surface area contributed by atoms with Gasteiger partial charge in [-0.1, -0.05) is 11.3 Å². The molecule has 0 bridgehead atoms. The molecule has 88 valence electrons. The molecule has 0 saturated carbocycles. The van der Waals surface area contributed by atoms with Gasteiger partial charge < -0.3 is 10.6 Å². The molecule has 2 heterocycles. The molecule has 1 unspecified atom stereocenters. The summed E-state index contributed by atoms with van der Waals surface area (Å²) >= 11 is 1.37. The number of carbonyl (C=O) groups is 1. The molecule has 1 aromatic heterocycles. The van der Waals surface area contributed by atoms with Gasteiger partial charge in [-0.3, -0.25) is 5.32 Å². The lowest BCUT2D eigenvalue weighted by atomic mass is 10.1. The van der Waals surface area contributed by atoms with Crippen LogP contribution in [0.15, 0.2) is 0 Å². The van der Waals surface area contributed by atoms with Crippen molar-refractivity contribution < 1.29 is 4.79 Å². The Labute approximate surface area is 97.8 Å². The average molecular weight is 241 g/mol. The molecule has 0 aliphatic carbocycles. The van der Waals surface area contributed by atoms with Crippen LogP contribution < -0.4 is 16.0 Å². The third kappa shape index (κ3) is 3.14. The minimum absolute atomic E-state index is 0.204. The second-order valence-corrected chi connectivity index (χ2v) is 4.95. The lowest BCUT2D eigenvalue weighted by Crippen LogP contribution is -2.47. The van der Waals surface area contributed by atoms with Gasteiger partial charge in [-0.2, -0.15) is 0 Å². The molecular formula is C9H15N5OS. The third-order valence-corrected chi connectivity index (χ3v) is 3.13. The normalized spacial score (nSPS) is 20.4. The summed E-state index contributed by atoms with van der Waals surface area (Å²) in [5, 5.41) is 17.9. The van der Waals surface area contributed by atoms with E-state index in [0.29, 0.717) is 5.13 Å². The summed E-state index contributed by atoms with van der Waals surface area (Å²) in [4.78, 5) is 11.6. The van der Waals surface area contributed by atoms with Gasteiger partial charge in [0.15, 0.2) is 0 Å². The quantitative estimate of drug-likeness (QED) is 0.713. The standard InChI is InChI=1S/C9H15N5OS/c1-6-13-14-9(16-6)12-8(15)11-7-3-2-4-10-5-7/h7,10H,2-5H2,1H3,(H2,11,12,14,15). The summed E-state index contributed by atoms with van der Waals surface area (Å²) in [6, 6.07) is 0.00705. The number of rotatable bonds is 2. The number of amides is 2. The van der Waals surface area contributed by atoms with E-state index in [0.717, 1.165) is 30.9 Å². The number of nitrogens with one attached hydrogen (secondary N) is 3. The van der Waals surface area contributed by atoms with E-state index in [2.05, 4.69) is 26.1 Å². The maximum absolute atomic E-state index is 11.6. The molecule has 1 aromatic rings. The first-order chi connectivity index (χ1) is 7.74. The smallest absolute Gasteiger partial charge is 0.321 e. The maximum atomic E-state index is 11.6. The van der Waals surface area contributed by atoms with Crippen LogP contribution in [0.4, 0.5) is 9.93 Å². The summed E-state index contributed by atoms with van der Waals surface area (Å²) in [6.07, 6.45) is 2.12. The summed E-state index contributed by atoms with van der Waals surface area (Å²) in [5.41, 5.74) is 0. The van der Waals surface area contributed by atoms with Gasteiger partial charge in [0.05, 0.1) is 0 Å². The number of nitrogens with zero attached hydrogens (tertiary/aromatic N) is 2. The number of piperidine rings is 1. The molecule has 3 N–H and O–H groups in total. The lowest BCUT2D eigenvalue weighted by molar-refractivity contribution is 0.245. The summed E-state index contributed by atoms with van der Waals surface area (Å²) < 4.78 is 0. The number of hydrogen-bond donors (Lipinski definition) is 3. The predicted molar refractivity (Wildman–Crippen MR) is 62.7 cm³/mol. The van der Waals surface area contributed by atoms with Gasteiger partial charge in [-0.05, 0) is 26.3 Å². The zero-order chi connectivity index (χ0) is 11.4. The minimum Gasteiger partial charge on any atom is -0.334 e. The van der Waals surface area contributed by atoms with Crippen LogP contribution in [0.3, 0.4) is 0 Å². The van der Waals surface area contributed by atoms with Gasteiger partial charge in [0.25, 0.3) is 0 Å². The van der Waals surface area contributed by atoms with Crippen molar-refractivity contribution in [2.24, 2.45) is 0 Å². The van der Waals surface area contributed by atoms with Crippen molar-refractivity contribution in [2.45, 2.75) is 25.8 Å². The number of anilines is 1. The van der Waals surface area contributed by atoms with Crippen molar-refractivity contribution in [3.63, 3.8) is 0 Å². The Morgan fingerprint density at radius 3 is 3.06 bits per heavy atom. The molecule has 1 saturated heterocycles. The Morgan fingerprint density at radius 1 is 1.56 bits per heavy atom. The molecule has 2 rings (SSSR count). The molecule has 2 amide bonds. The summed E-state index contributed by atoms with van der Waals surface area (Å²) in [5.74, 6) is 0. The van der Waals surface area contributed by atoms with Crippen LogP contribution in [0.2, 0.25) is 0 Å². The zero-order valence-corrected chi connectivity index (χ0v) is 9.93. The first-order valence-electron chi connectivity index (χ1n) is 5.32. The van der Waals surface area contributed by atoms with E-state index in [-0.39, 0.29) is 12.1 Å².